The molecule has 0 aromatic heterocycles. The topological polar surface area (TPSA) is 0 Å². The molecule has 8 fully saturated rings. The number of aryl methyl sites for hydroxylation is 2. The second kappa shape index (κ2) is 29.8. The number of rotatable bonds is 29. The molecule has 0 heterocycles. The minimum absolute atomic E-state index is 0.0648. The van der Waals surface area contributed by atoms with Crippen molar-refractivity contribution >= 4 is 12.2 Å². The zero-order chi connectivity index (χ0) is 72.1. The Labute approximate surface area is 639 Å². The largest absolute Gasteiger partial charge is 0.0985 e. The van der Waals surface area contributed by atoms with Crippen LogP contribution >= 0.6 is 0 Å². The van der Waals surface area contributed by atoms with Gasteiger partial charge in [-0.1, -0.05) is 332 Å². The zero-order valence-corrected chi connectivity index (χ0v) is 65.4. The van der Waals surface area contributed by atoms with Gasteiger partial charge in [0.1, 0.15) is 0 Å². The van der Waals surface area contributed by atoms with E-state index in [9.17, 15) is 0 Å². The molecule has 0 saturated heterocycles. The van der Waals surface area contributed by atoms with Crippen LogP contribution in [0.5, 0.6) is 0 Å². The van der Waals surface area contributed by atoms with E-state index in [1.165, 1.54) is 285 Å². The smallest absolute Gasteiger partial charge is 0.0215 e. The van der Waals surface area contributed by atoms with Gasteiger partial charge in [0.2, 0.25) is 0 Å². The van der Waals surface area contributed by atoms with Crippen molar-refractivity contribution in [2.24, 2.45) is 23.7 Å². The van der Waals surface area contributed by atoms with Gasteiger partial charge in [0.25, 0.3) is 0 Å². The third-order valence-electron chi connectivity index (χ3n) is 30.0. The van der Waals surface area contributed by atoms with E-state index in [-0.39, 0.29) is 10.8 Å². The molecule has 0 radical (unpaired) electrons. The molecule has 0 heteroatoms. The van der Waals surface area contributed by atoms with Crippen LogP contribution in [0.1, 0.15) is 300 Å². The van der Waals surface area contributed by atoms with Gasteiger partial charge in [-0.3, -0.25) is 0 Å². The molecule has 9 aromatic rings. The summed E-state index contributed by atoms with van der Waals surface area (Å²) in [6, 6.07) is 78.4. The van der Waals surface area contributed by atoms with Gasteiger partial charge in [0, 0.05) is 10.8 Å². The van der Waals surface area contributed by atoms with Gasteiger partial charge in [-0.05, 0) is 302 Å². The third-order valence-corrected chi connectivity index (χ3v) is 30.0. The Bertz CT molecular complexity index is 4570. The minimum atomic E-state index is 0.0648. The summed E-state index contributed by atoms with van der Waals surface area (Å²) in [7, 11) is 0. The molecule has 0 amide bonds. The summed E-state index contributed by atoms with van der Waals surface area (Å²) in [6.45, 7) is 17.4. The highest BCUT2D eigenvalue weighted by Gasteiger charge is 2.60. The Kier molecular flexibility index (Phi) is 20.1. The predicted molar refractivity (Wildman–Crippen MR) is 453 cm³/mol. The van der Waals surface area contributed by atoms with Crippen molar-refractivity contribution in [1.29, 1.82) is 0 Å². The first-order chi connectivity index (χ1) is 52.0. The predicted octanol–water partition coefficient (Wildman–Crippen LogP) is 29.8. The van der Waals surface area contributed by atoms with E-state index in [0.29, 0.717) is 21.7 Å². The van der Waals surface area contributed by atoms with Crippen LogP contribution in [0, 0.1) is 23.7 Å². The summed E-state index contributed by atoms with van der Waals surface area (Å²) in [5.74, 6) is 3.43. The first-order valence-corrected chi connectivity index (χ1v) is 43.3. The van der Waals surface area contributed by atoms with Gasteiger partial charge in [-0.15, -0.1) is 0 Å². The van der Waals surface area contributed by atoms with Gasteiger partial charge < -0.3 is 0 Å². The van der Waals surface area contributed by atoms with Crippen molar-refractivity contribution < 1.29 is 0 Å². The molecule has 4 atom stereocenters. The number of benzene rings is 9. The summed E-state index contributed by atoms with van der Waals surface area (Å²) in [5, 5.41) is 0. The Balaban J connectivity index is 0.000000158. The fourth-order valence-corrected chi connectivity index (χ4v) is 25.5. The van der Waals surface area contributed by atoms with Crippen molar-refractivity contribution in [1.82, 2.24) is 0 Å². The average Bonchev–Trinajstić information content (AvgIpc) is 1.30. The lowest BCUT2D eigenvalue weighted by molar-refractivity contribution is -0.0282. The van der Waals surface area contributed by atoms with Crippen LogP contribution in [0.3, 0.4) is 0 Å². The fraction of sp³-hybridized carbons (Fsp3) is 0.453. The Morgan fingerprint density at radius 1 is 0.292 bits per heavy atom. The van der Waals surface area contributed by atoms with E-state index < -0.39 is 0 Å². The highest BCUT2D eigenvalue weighted by molar-refractivity contribution is 5.87. The molecule has 20 rings (SSSR count). The highest BCUT2D eigenvalue weighted by atomic mass is 14.6. The molecule has 11 aliphatic carbocycles. The maximum atomic E-state index is 4.02. The molecule has 546 valence electrons. The Morgan fingerprint density at radius 3 is 0.934 bits per heavy atom. The number of hydrogen-bond donors (Lipinski definition) is 0. The van der Waals surface area contributed by atoms with E-state index in [4.69, 9.17) is 0 Å². The lowest BCUT2D eigenvalue weighted by Gasteiger charge is -2.63. The van der Waals surface area contributed by atoms with Crippen LogP contribution in [0.4, 0.5) is 0 Å². The maximum absolute atomic E-state index is 4.02. The van der Waals surface area contributed by atoms with Crippen molar-refractivity contribution in [2.45, 2.75) is 278 Å². The van der Waals surface area contributed by atoms with Gasteiger partial charge in [0.15, 0.2) is 0 Å². The van der Waals surface area contributed by atoms with E-state index in [0.717, 1.165) is 23.7 Å². The van der Waals surface area contributed by atoms with E-state index in [1.807, 2.05) is 12.2 Å². The number of fused-ring (bicyclic) bond motifs is 7. The lowest BCUT2D eigenvalue weighted by atomic mass is 9.41. The summed E-state index contributed by atoms with van der Waals surface area (Å²) < 4.78 is 0. The van der Waals surface area contributed by atoms with Crippen LogP contribution in [0.2, 0.25) is 0 Å². The van der Waals surface area contributed by atoms with Crippen LogP contribution < -0.4 is 0 Å². The third kappa shape index (κ3) is 13.0. The van der Waals surface area contributed by atoms with Crippen LogP contribution in [0.15, 0.2) is 207 Å². The first kappa shape index (κ1) is 71.4. The molecule has 0 aliphatic heterocycles. The zero-order valence-electron chi connectivity index (χ0n) is 65.4. The highest BCUT2D eigenvalue weighted by Crippen LogP contribution is 2.69. The second-order valence-corrected chi connectivity index (χ2v) is 36.6. The molecule has 106 heavy (non-hydrogen) atoms. The van der Waals surface area contributed by atoms with Crippen molar-refractivity contribution in [3.63, 3.8) is 0 Å². The molecule has 11 aliphatic rings. The van der Waals surface area contributed by atoms with Crippen molar-refractivity contribution in [3.05, 3.63) is 274 Å². The standard InChI is InChI=1S/C57H64.C49H58/c1-4-7-9-11-29-57(30-12-10-8-5-2)53-33-47(21-27-51(53)52-28-22-48(34-54(52)57)46-18-16-43-15-17-45(43)32-46)44-19-25-50(26-20-44)56-37-41-31-42(38-56)36-55(35-41,39-56)49-23-13-40(6-3)14-24-49;1-4-7-9-13-27-49(28-14-10-8-5-2)45-16-12-11-15-43(45)44-26-21-40(30-46(44)49)39-19-24-42(25-20-39)48-33-37-29-38(34-48)32-47(31-37,35-48)41-22-17-36(6-3)18-23-41/h6,13-14,16,18-28,32-34,41-42H,3-5,7-12,15,17,29-31,35-39H2,1-2H3;6,11-12,15-26,30,37-38H,3-5,7-10,13-14,27-29,31-35H2,1-2H3. The summed E-state index contributed by atoms with van der Waals surface area (Å²) in [4.78, 5) is 0. The van der Waals surface area contributed by atoms with Crippen LogP contribution in [-0.4, -0.2) is 0 Å². The number of hydrogen-bond acceptors (Lipinski definition) is 0. The summed E-state index contributed by atoms with van der Waals surface area (Å²) in [5.41, 5.74) is 34.2. The average molecular weight is 1400 g/mol. The quantitative estimate of drug-likeness (QED) is 0.0410. The first-order valence-electron chi connectivity index (χ1n) is 43.3. The lowest BCUT2D eigenvalue weighted by Crippen LogP contribution is -2.55. The molecular formula is C106H122. The minimum Gasteiger partial charge on any atom is -0.0985 e. The molecule has 4 unspecified atom stereocenters. The van der Waals surface area contributed by atoms with Crippen LogP contribution in [-0.2, 0) is 45.3 Å². The van der Waals surface area contributed by atoms with Crippen LogP contribution in [0.25, 0.3) is 67.8 Å². The molecule has 0 N–H and O–H groups in total. The fourth-order valence-electron chi connectivity index (χ4n) is 25.5. The molecule has 0 spiro atoms. The second-order valence-electron chi connectivity index (χ2n) is 36.6. The molecule has 8 bridgehead atoms. The SMILES string of the molecule is C=Cc1ccc(C23CC4CC(C2)CC(c2ccc(-c5ccc6c(c5)C(CCCCCC)(CCCCCC)c5cc(-c7ccc8c(c7)CC8)ccc5-6)cc2)(C4)C3)cc1.C=Cc1ccc(C23CC4CC(C2)CC(c2ccc(-c5ccc6c(c5)C(CCCCCC)(CCCCCC)c5ccccc5-6)cc2)(C4)C3)cc1. The van der Waals surface area contributed by atoms with Crippen molar-refractivity contribution in [3.8, 4) is 55.6 Å². The van der Waals surface area contributed by atoms with E-state index >= 15 is 0 Å². The van der Waals surface area contributed by atoms with Gasteiger partial charge in [-0.25, -0.2) is 0 Å². The Morgan fingerprint density at radius 2 is 0.594 bits per heavy atom. The summed E-state index contributed by atoms with van der Waals surface area (Å²) in [6.07, 6.45) is 49.1. The molecule has 9 aromatic carbocycles. The maximum Gasteiger partial charge on any atom is 0.0215 e. The van der Waals surface area contributed by atoms with Crippen molar-refractivity contribution in [2.75, 3.05) is 0 Å². The van der Waals surface area contributed by atoms with E-state index in [1.54, 1.807) is 55.6 Å². The molecule has 8 saturated carbocycles. The van der Waals surface area contributed by atoms with Gasteiger partial charge >= 0.3 is 0 Å². The molecular weight excluding hydrogens is 1270 g/mol. The van der Waals surface area contributed by atoms with Gasteiger partial charge in [0.05, 0.1) is 0 Å². The van der Waals surface area contributed by atoms with E-state index in [2.05, 4.69) is 235 Å². The molecule has 0 nitrogen and oxygen atoms in total. The Hall–Kier alpha value is -7.54. The monoisotopic (exact) mass is 1390 g/mol. The summed E-state index contributed by atoms with van der Waals surface area (Å²) >= 11 is 0. The van der Waals surface area contributed by atoms with Gasteiger partial charge in [-0.2, -0.15) is 0 Å². The number of unbranched alkanes of at least 4 members (excludes halogenated alkanes) is 12. The normalized spacial score (nSPS) is 25.0.